The number of carbonyl (C=O) groups is 3. The Morgan fingerprint density at radius 3 is 2.74 bits per heavy atom. The molecule has 138 valence electrons. The molecule has 0 aromatic heterocycles. The standard InChI is InChI=1S/C20H19N3O4/c24-18-11(6-7-22(18)14-4-2-1-3-5-14)8-12-9-13-10-21-15-16(13)23(19(15)25)17(12)20(26)27/h1-5,8,13,15-16,21H,6-7,9-10H2,(H,26,27)/b11-8+/t13?,15?,16-/m1/s1. The first-order valence-corrected chi connectivity index (χ1v) is 9.16. The summed E-state index contributed by atoms with van der Waals surface area (Å²) in [5.41, 5.74) is 2.06. The van der Waals surface area contributed by atoms with Crippen molar-refractivity contribution >= 4 is 23.5 Å². The molecule has 7 heteroatoms. The normalized spacial score (nSPS) is 30.8. The van der Waals surface area contributed by atoms with E-state index in [1.54, 1.807) is 11.0 Å². The number of carbonyl (C=O) groups excluding carboxylic acids is 2. The van der Waals surface area contributed by atoms with E-state index in [9.17, 15) is 19.5 Å². The lowest BCUT2D eigenvalue weighted by atomic mass is 9.79. The van der Waals surface area contributed by atoms with Gasteiger partial charge in [0.2, 0.25) is 5.91 Å². The smallest absolute Gasteiger partial charge is 0.352 e. The predicted molar refractivity (Wildman–Crippen MR) is 96.7 cm³/mol. The molecular formula is C20H19N3O4. The third-order valence-electron chi connectivity index (χ3n) is 6.00. The average molecular weight is 365 g/mol. The molecule has 0 radical (unpaired) electrons. The number of hydrogen-bond acceptors (Lipinski definition) is 4. The molecule has 0 aliphatic carbocycles. The highest BCUT2D eigenvalue weighted by Gasteiger charge is 2.59. The molecule has 2 amide bonds. The summed E-state index contributed by atoms with van der Waals surface area (Å²) in [7, 11) is 0. The van der Waals surface area contributed by atoms with Crippen molar-refractivity contribution in [2.75, 3.05) is 18.0 Å². The van der Waals surface area contributed by atoms with E-state index in [0.717, 1.165) is 5.69 Å². The first-order valence-electron chi connectivity index (χ1n) is 9.16. The molecular weight excluding hydrogens is 346 g/mol. The van der Waals surface area contributed by atoms with E-state index in [-0.39, 0.29) is 35.5 Å². The number of allylic oxidation sites excluding steroid dienone is 2. The Morgan fingerprint density at radius 2 is 2.00 bits per heavy atom. The third kappa shape index (κ3) is 2.28. The van der Waals surface area contributed by atoms with Crippen LogP contribution in [0.3, 0.4) is 0 Å². The summed E-state index contributed by atoms with van der Waals surface area (Å²) in [4.78, 5) is 40.2. The van der Waals surface area contributed by atoms with Gasteiger partial charge in [0.15, 0.2) is 0 Å². The Kier molecular flexibility index (Phi) is 3.48. The van der Waals surface area contributed by atoms with Gasteiger partial charge in [-0.15, -0.1) is 0 Å². The molecule has 0 saturated carbocycles. The fraction of sp³-hybridized carbons (Fsp3) is 0.350. The van der Waals surface area contributed by atoms with Crippen LogP contribution in [0.25, 0.3) is 0 Å². The Balaban J connectivity index is 1.50. The van der Waals surface area contributed by atoms with E-state index in [1.165, 1.54) is 4.90 Å². The largest absolute Gasteiger partial charge is 0.477 e. The molecule has 27 heavy (non-hydrogen) atoms. The van der Waals surface area contributed by atoms with Crippen LogP contribution < -0.4 is 10.2 Å². The number of anilines is 1. The van der Waals surface area contributed by atoms with Gasteiger partial charge in [0.05, 0.1) is 6.04 Å². The van der Waals surface area contributed by atoms with Crippen LogP contribution in [0, 0.1) is 5.92 Å². The summed E-state index contributed by atoms with van der Waals surface area (Å²) in [6, 6.07) is 9.13. The summed E-state index contributed by atoms with van der Waals surface area (Å²) < 4.78 is 0. The fourth-order valence-corrected chi connectivity index (χ4v) is 4.77. The topological polar surface area (TPSA) is 90.0 Å². The number of rotatable bonds is 3. The van der Waals surface area contributed by atoms with Crippen LogP contribution >= 0.6 is 0 Å². The summed E-state index contributed by atoms with van der Waals surface area (Å²) in [6.07, 6.45) is 2.85. The van der Waals surface area contributed by atoms with Crippen LogP contribution in [0.1, 0.15) is 12.8 Å². The number of benzene rings is 1. The summed E-state index contributed by atoms with van der Waals surface area (Å²) >= 11 is 0. The van der Waals surface area contributed by atoms with Crippen molar-refractivity contribution in [3.63, 3.8) is 0 Å². The van der Waals surface area contributed by atoms with Crippen molar-refractivity contribution < 1.29 is 19.5 Å². The first-order chi connectivity index (χ1) is 13.1. The van der Waals surface area contributed by atoms with Gasteiger partial charge in [0, 0.05) is 24.4 Å². The minimum absolute atomic E-state index is 0.0414. The number of β-lactam (4-membered cyclic amide) rings is 1. The number of carboxylic acids is 1. The van der Waals surface area contributed by atoms with Crippen molar-refractivity contribution in [2.45, 2.75) is 24.9 Å². The van der Waals surface area contributed by atoms with Gasteiger partial charge in [0.1, 0.15) is 11.7 Å². The number of amides is 2. The Labute approximate surface area is 155 Å². The monoisotopic (exact) mass is 365 g/mol. The first kappa shape index (κ1) is 16.3. The highest BCUT2D eigenvalue weighted by atomic mass is 16.4. The fourth-order valence-electron chi connectivity index (χ4n) is 4.77. The SMILES string of the molecule is O=C(O)C1=C(/C=C2\CCN(c3ccccc3)C2=O)CC2CNC3C(=O)N1[C@H]23. The number of para-hydroxylation sites is 1. The molecule has 3 fully saturated rings. The molecule has 1 aromatic rings. The Morgan fingerprint density at radius 1 is 1.22 bits per heavy atom. The molecule has 4 aliphatic heterocycles. The van der Waals surface area contributed by atoms with Crippen molar-refractivity contribution in [3.8, 4) is 0 Å². The predicted octanol–water partition coefficient (Wildman–Crippen LogP) is 0.891. The number of nitrogens with one attached hydrogen (secondary N) is 1. The van der Waals surface area contributed by atoms with Gasteiger partial charge >= 0.3 is 5.97 Å². The van der Waals surface area contributed by atoms with Crippen LogP contribution in [0.4, 0.5) is 5.69 Å². The van der Waals surface area contributed by atoms with Crippen molar-refractivity contribution in [3.05, 3.63) is 53.3 Å². The van der Waals surface area contributed by atoms with Crippen LogP contribution in [0.5, 0.6) is 0 Å². The van der Waals surface area contributed by atoms with E-state index in [4.69, 9.17) is 0 Å². The molecule has 0 bridgehead atoms. The average Bonchev–Trinajstić information content (AvgIpc) is 3.23. The lowest BCUT2D eigenvalue weighted by molar-refractivity contribution is -0.153. The van der Waals surface area contributed by atoms with Gasteiger partial charge in [0.25, 0.3) is 5.91 Å². The van der Waals surface area contributed by atoms with Crippen LogP contribution in [0.2, 0.25) is 0 Å². The summed E-state index contributed by atoms with van der Waals surface area (Å²) in [6.45, 7) is 1.27. The van der Waals surface area contributed by atoms with Gasteiger partial charge < -0.3 is 15.3 Å². The lowest BCUT2D eigenvalue weighted by Crippen LogP contribution is -2.68. The zero-order valence-corrected chi connectivity index (χ0v) is 14.6. The van der Waals surface area contributed by atoms with Crippen LogP contribution in [-0.4, -0.2) is 53.0 Å². The quantitative estimate of drug-likeness (QED) is 0.613. The number of aliphatic carboxylic acids is 1. The minimum atomic E-state index is -1.11. The van der Waals surface area contributed by atoms with Crippen molar-refractivity contribution in [1.29, 1.82) is 0 Å². The van der Waals surface area contributed by atoms with E-state index >= 15 is 0 Å². The molecule has 7 nitrogen and oxygen atoms in total. The second-order valence-corrected chi connectivity index (χ2v) is 7.44. The maximum Gasteiger partial charge on any atom is 0.352 e. The van der Waals surface area contributed by atoms with Crippen molar-refractivity contribution in [2.24, 2.45) is 5.92 Å². The molecule has 0 spiro atoms. The van der Waals surface area contributed by atoms with Gasteiger partial charge in [-0.1, -0.05) is 18.2 Å². The number of hydrogen-bond donors (Lipinski definition) is 2. The van der Waals surface area contributed by atoms with Crippen LogP contribution in [0.15, 0.2) is 53.3 Å². The molecule has 4 aliphatic rings. The highest BCUT2D eigenvalue weighted by molar-refractivity contribution is 6.09. The zero-order chi connectivity index (χ0) is 18.7. The van der Waals surface area contributed by atoms with E-state index in [1.807, 2.05) is 30.3 Å². The van der Waals surface area contributed by atoms with E-state index in [0.29, 0.717) is 37.1 Å². The van der Waals surface area contributed by atoms with E-state index < -0.39 is 5.97 Å². The highest BCUT2D eigenvalue weighted by Crippen LogP contribution is 2.44. The summed E-state index contributed by atoms with van der Waals surface area (Å²) in [5, 5.41) is 12.9. The third-order valence-corrected chi connectivity index (χ3v) is 6.00. The molecule has 3 atom stereocenters. The molecule has 1 aromatic carbocycles. The van der Waals surface area contributed by atoms with Crippen LogP contribution in [-0.2, 0) is 14.4 Å². The second-order valence-electron chi connectivity index (χ2n) is 7.44. The van der Waals surface area contributed by atoms with Gasteiger partial charge in [-0.25, -0.2) is 4.79 Å². The van der Waals surface area contributed by atoms with Gasteiger partial charge in [-0.05, 0) is 42.5 Å². The molecule has 3 saturated heterocycles. The van der Waals surface area contributed by atoms with Crippen molar-refractivity contribution in [1.82, 2.24) is 10.2 Å². The Bertz CT molecular complexity index is 920. The second kappa shape index (κ2) is 5.79. The zero-order valence-electron chi connectivity index (χ0n) is 14.6. The molecule has 5 rings (SSSR count). The molecule has 4 heterocycles. The van der Waals surface area contributed by atoms with Gasteiger partial charge in [-0.2, -0.15) is 0 Å². The molecule has 2 unspecified atom stereocenters. The summed E-state index contributed by atoms with van der Waals surface area (Å²) in [5.74, 6) is -1.19. The molecule has 2 N–H and O–H groups in total. The number of carboxylic acid groups (broad SMARTS) is 1. The maximum absolute atomic E-state index is 12.8. The lowest BCUT2D eigenvalue weighted by Gasteiger charge is -2.48. The minimum Gasteiger partial charge on any atom is -0.477 e. The number of nitrogens with zero attached hydrogens (tertiary/aromatic N) is 2. The maximum atomic E-state index is 12.8. The van der Waals surface area contributed by atoms with Gasteiger partial charge in [-0.3, -0.25) is 14.5 Å². The van der Waals surface area contributed by atoms with E-state index in [2.05, 4.69) is 5.32 Å². The Hall–Kier alpha value is -2.93.